The van der Waals surface area contributed by atoms with E-state index in [0.29, 0.717) is 6.04 Å². The van der Waals surface area contributed by atoms with Gasteiger partial charge in [0.25, 0.3) is 0 Å². The van der Waals surface area contributed by atoms with Crippen LogP contribution in [0.25, 0.3) is 0 Å². The summed E-state index contributed by atoms with van der Waals surface area (Å²) in [5, 5.41) is 7.91. The quantitative estimate of drug-likeness (QED) is 0.868. The molecule has 19 heavy (non-hydrogen) atoms. The highest BCUT2D eigenvalue weighted by Crippen LogP contribution is 2.25. The van der Waals surface area contributed by atoms with E-state index in [0.717, 1.165) is 18.8 Å². The first-order valence-electron chi connectivity index (χ1n) is 6.83. The highest BCUT2D eigenvalue weighted by Gasteiger charge is 2.15. The van der Waals surface area contributed by atoms with Crippen LogP contribution in [-0.4, -0.2) is 22.9 Å². The van der Waals surface area contributed by atoms with Crippen molar-refractivity contribution in [2.75, 3.05) is 13.1 Å². The highest BCUT2D eigenvalue weighted by atomic mass is 32.2. The van der Waals surface area contributed by atoms with Crippen molar-refractivity contribution in [3.05, 3.63) is 48.3 Å². The molecule has 2 aromatic rings. The predicted octanol–water partition coefficient (Wildman–Crippen LogP) is 3.10. The number of piperidine rings is 1. The van der Waals surface area contributed by atoms with Gasteiger partial charge in [-0.1, -0.05) is 30.3 Å². The van der Waals surface area contributed by atoms with Gasteiger partial charge >= 0.3 is 0 Å². The van der Waals surface area contributed by atoms with Crippen molar-refractivity contribution in [2.45, 2.75) is 29.5 Å². The number of nitrogens with zero attached hydrogens (tertiary/aromatic N) is 2. The number of hydrogen-bond acceptors (Lipinski definition) is 3. The molecule has 1 aromatic heterocycles. The average molecular weight is 273 g/mol. The molecule has 100 valence electrons. The largest absolute Gasteiger partial charge is 0.317 e. The third kappa shape index (κ3) is 3.39. The Morgan fingerprint density at radius 3 is 2.79 bits per heavy atom. The van der Waals surface area contributed by atoms with Gasteiger partial charge in [0.1, 0.15) is 0 Å². The molecule has 0 atom stereocenters. The Hall–Kier alpha value is -1.26. The Morgan fingerprint density at radius 2 is 2.00 bits per heavy atom. The predicted molar refractivity (Wildman–Crippen MR) is 79.4 cm³/mol. The zero-order valence-corrected chi connectivity index (χ0v) is 11.8. The van der Waals surface area contributed by atoms with Crippen LogP contribution < -0.4 is 5.32 Å². The molecule has 0 unspecified atom stereocenters. The summed E-state index contributed by atoms with van der Waals surface area (Å²) in [6, 6.07) is 11.2. The molecule has 2 heterocycles. The molecule has 1 aliphatic rings. The van der Waals surface area contributed by atoms with Gasteiger partial charge in [-0.2, -0.15) is 5.10 Å². The van der Waals surface area contributed by atoms with E-state index in [1.54, 1.807) is 0 Å². The molecular weight excluding hydrogens is 254 g/mol. The fourth-order valence-corrected chi connectivity index (χ4v) is 3.24. The standard InChI is InChI=1S/C15H19N3S/c1-2-4-13(5-3-1)12-19-15-10-17-18(11-15)14-6-8-16-9-7-14/h1-5,10-11,14,16H,6-9,12H2. The number of hydrogen-bond donors (Lipinski definition) is 1. The van der Waals surface area contributed by atoms with Crippen molar-refractivity contribution in [3.63, 3.8) is 0 Å². The summed E-state index contributed by atoms with van der Waals surface area (Å²) in [4.78, 5) is 1.27. The second kappa shape index (κ2) is 6.26. The summed E-state index contributed by atoms with van der Waals surface area (Å²) in [6.07, 6.45) is 6.56. The minimum Gasteiger partial charge on any atom is -0.317 e. The highest BCUT2D eigenvalue weighted by molar-refractivity contribution is 7.98. The van der Waals surface area contributed by atoms with Crippen LogP contribution in [0.3, 0.4) is 0 Å². The van der Waals surface area contributed by atoms with Crippen LogP contribution in [0.2, 0.25) is 0 Å². The Kier molecular flexibility index (Phi) is 4.20. The van der Waals surface area contributed by atoms with Crippen LogP contribution in [0.1, 0.15) is 24.4 Å². The van der Waals surface area contributed by atoms with E-state index in [4.69, 9.17) is 0 Å². The number of thioether (sulfide) groups is 1. The number of benzene rings is 1. The molecule has 1 aliphatic heterocycles. The lowest BCUT2D eigenvalue weighted by molar-refractivity contribution is 0.343. The van der Waals surface area contributed by atoms with Gasteiger partial charge in [-0.15, -0.1) is 11.8 Å². The maximum Gasteiger partial charge on any atom is 0.0626 e. The van der Waals surface area contributed by atoms with Gasteiger partial charge in [-0.25, -0.2) is 0 Å². The molecule has 1 N–H and O–H groups in total. The molecular formula is C15H19N3S. The van der Waals surface area contributed by atoms with Gasteiger partial charge in [-0.05, 0) is 31.5 Å². The van der Waals surface area contributed by atoms with E-state index in [-0.39, 0.29) is 0 Å². The number of nitrogens with one attached hydrogen (secondary N) is 1. The monoisotopic (exact) mass is 273 g/mol. The van der Waals surface area contributed by atoms with Gasteiger partial charge < -0.3 is 5.32 Å². The lowest BCUT2D eigenvalue weighted by atomic mass is 10.1. The van der Waals surface area contributed by atoms with Crippen molar-refractivity contribution in [1.29, 1.82) is 0 Å². The van der Waals surface area contributed by atoms with Crippen LogP contribution in [0, 0.1) is 0 Å². The molecule has 0 amide bonds. The van der Waals surface area contributed by atoms with Crippen molar-refractivity contribution in [3.8, 4) is 0 Å². The van der Waals surface area contributed by atoms with Gasteiger partial charge in [-0.3, -0.25) is 4.68 Å². The first-order chi connectivity index (χ1) is 9.42. The van der Waals surface area contributed by atoms with E-state index in [1.165, 1.54) is 23.3 Å². The summed E-state index contributed by atoms with van der Waals surface area (Å²) in [5.41, 5.74) is 1.36. The second-order valence-corrected chi connectivity index (χ2v) is 5.96. The Morgan fingerprint density at radius 1 is 1.21 bits per heavy atom. The lowest BCUT2D eigenvalue weighted by Crippen LogP contribution is -2.29. The molecule has 3 rings (SSSR count). The van der Waals surface area contributed by atoms with Crippen LogP contribution in [0.4, 0.5) is 0 Å². The van der Waals surface area contributed by atoms with Crippen molar-refractivity contribution < 1.29 is 0 Å². The van der Waals surface area contributed by atoms with Crippen molar-refractivity contribution in [1.82, 2.24) is 15.1 Å². The summed E-state index contributed by atoms with van der Waals surface area (Å²) < 4.78 is 2.15. The van der Waals surface area contributed by atoms with Crippen LogP contribution >= 0.6 is 11.8 Å². The molecule has 4 heteroatoms. The first-order valence-corrected chi connectivity index (χ1v) is 7.82. The third-order valence-electron chi connectivity index (χ3n) is 3.51. The van der Waals surface area contributed by atoms with E-state index in [1.807, 2.05) is 18.0 Å². The smallest absolute Gasteiger partial charge is 0.0626 e. The molecule has 1 saturated heterocycles. The third-order valence-corrected chi connectivity index (χ3v) is 4.53. The Bertz CT molecular complexity index is 503. The molecule has 0 aliphatic carbocycles. The molecule has 0 bridgehead atoms. The fraction of sp³-hybridized carbons (Fsp3) is 0.400. The SMILES string of the molecule is c1ccc(CSc2cnn(C3CCNCC3)c2)cc1. The normalized spacial score (nSPS) is 16.6. The van der Waals surface area contributed by atoms with E-state index >= 15 is 0 Å². The number of rotatable bonds is 4. The van der Waals surface area contributed by atoms with Gasteiger partial charge in [0.05, 0.1) is 12.2 Å². The van der Waals surface area contributed by atoms with Gasteiger partial charge in [0.15, 0.2) is 0 Å². The molecule has 1 fully saturated rings. The Balaban J connectivity index is 1.58. The van der Waals surface area contributed by atoms with Crippen molar-refractivity contribution in [2.24, 2.45) is 0 Å². The summed E-state index contributed by atoms with van der Waals surface area (Å²) in [5.74, 6) is 1.01. The number of aromatic nitrogens is 2. The van der Waals surface area contributed by atoms with E-state index in [2.05, 4.69) is 51.6 Å². The molecule has 3 nitrogen and oxygen atoms in total. The summed E-state index contributed by atoms with van der Waals surface area (Å²) in [6.45, 7) is 2.22. The summed E-state index contributed by atoms with van der Waals surface area (Å²) in [7, 11) is 0. The minimum atomic E-state index is 0.576. The minimum absolute atomic E-state index is 0.576. The van der Waals surface area contributed by atoms with Gasteiger partial charge in [0.2, 0.25) is 0 Å². The van der Waals surface area contributed by atoms with E-state index in [9.17, 15) is 0 Å². The van der Waals surface area contributed by atoms with Crippen LogP contribution in [0.5, 0.6) is 0 Å². The van der Waals surface area contributed by atoms with Gasteiger partial charge in [0, 0.05) is 16.8 Å². The van der Waals surface area contributed by atoms with Crippen LogP contribution in [0.15, 0.2) is 47.6 Å². The molecule has 1 aromatic carbocycles. The lowest BCUT2D eigenvalue weighted by Gasteiger charge is -2.22. The van der Waals surface area contributed by atoms with Crippen LogP contribution in [-0.2, 0) is 5.75 Å². The molecule has 0 radical (unpaired) electrons. The zero-order valence-electron chi connectivity index (χ0n) is 11.0. The van der Waals surface area contributed by atoms with E-state index < -0.39 is 0 Å². The van der Waals surface area contributed by atoms with Crippen molar-refractivity contribution >= 4 is 11.8 Å². The topological polar surface area (TPSA) is 29.9 Å². The maximum atomic E-state index is 4.52. The first kappa shape index (κ1) is 12.8. The molecule has 0 spiro atoms. The fourth-order valence-electron chi connectivity index (χ4n) is 2.41. The summed E-state index contributed by atoms with van der Waals surface area (Å²) >= 11 is 1.86. The zero-order chi connectivity index (χ0) is 12.9. The Labute approximate surface area is 118 Å². The second-order valence-electron chi connectivity index (χ2n) is 4.91. The maximum absolute atomic E-state index is 4.52. The molecule has 0 saturated carbocycles. The average Bonchev–Trinajstić information content (AvgIpc) is 2.96.